The van der Waals surface area contributed by atoms with Gasteiger partial charge in [0.15, 0.2) is 6.30 Å². The average molecular weight is 363 g/mol. The van der Waals surface area contributed by atoms with Crippen molar-refractivity contribution >= 4 is 17.3 Å². The number of carbonyl (C=O) groups excluding carboxylic acids is 1. The largest absolute Gasteiger partial charge is 0.374 e. The van der Waals surface area contributed by atoms with Crippen molar-refractivity contribution in [3.8, 4) is 0 Å². The van der Waals surface area contributed by atoms with Crippen LogP contribution in [0.5, 0.6) is 0 Å². The standard InChI is InChI=1S/C17H15F2N3O4/c18-13-6-5-10(7-14(13)22(24)25)21-15(8-26-9-16(21)19)11-3-1-2-4-12(11)17(20)23/h1-7,15-16H,8-9H2,(H2,20,23). The molecule has 1 aliphatic heterocycles. The van der Waals surface area contributed by atoms with Crippen LogP contribution >= 0.6 is 0 Å². The summed E-state index contributed by atoms with van der Waals surface area (Å²) in [6, 6.07) is 8.76. The first-order valence-electron chi connectivity index (χ1n) is 7.73. The van der Waals surface area contributed by atoms with Gasteiger partial charge in [-0.1, -0.05) is 18.2 Å². The second-order valence-corrected chi connectivity index (χ2v) is 5.74. The molecule has 0 spiro atoms. The molecule has 3 rings (SSSR count). The summed E-state index contributed by atoms with van der Waals surface area (Å²) in [7, 11) is 0. The van der Waals surface area contributed by atoms with Gasteiger partial charge in [0.2, 0.25) is 11.7 Å². The topological polar surface area (TPSA) is 98.7 Å². The van der Waals surface area contributed by atoms with E-state index in [9.17, 15) is 23.7 Å². The molecule has 0 radical (unpaired) electrons. The number of nitro groups is 1. The minimum Gasteiger partial charge on any atom is -0.374 e. The minimum absolute atomic E-state index is 0.0376. The lowest BCUT2D eigenvalue weighted by atomic mass is 9.97. The van der Waals surface area contributed by atoms with Crippen molar-refractivity contribution in [3.05, 3.63) is 69.5 Å². The van der Waals surface area contributed by atoms with Crippen molar-refractivity contribution in [2.24, 2.45) is 5.73 Å². The summed E-state index contributed by atoms with van der Waals surface area (Å²) in [5.41, 5.74) is 5.36. The Hall–Kier alpha value is -3.07. The van der Waals surface area contributed by atoms with Crippen LogP contribution in [0.25, 0.3) is 0 Å². The molecule has 9 heteroatoms. The Kier molecular flexibility index (Phi) is 4.81. The molecule has 1 heterocycles. The Morgan fingerprint density at radius 3 is 2.69 bits per heavy atom. The van der Waals surface area contributed by atoms with Crippen molar-refractivity contribution in [1.82, 2.24) is 0 Å². The fourth-order valence-electron chi connectivity index (χ4n) is 3.03. The monoisotopic (exact) mass is 363 g/mol. The summed E-state index contributed by atoms with van der Waals surface area (Å²) in [5, 5.41) is 11.0. The van der Waals surface area contributed by atoms with E-state index in [-0.39, 0.29) is 24.5 Å². The van der Waals surface area contributed by atoms with Crippen molar-refractivity contribution < 1.29 is 23.2 Å². The lowest BCUT2D eigenvalue weighted by Crippen LogP contribution is -2.46. The number of carbonyl (C=O) groups is 1. The number of benzene rings is 2. The number of nitrogens with zero attached hydrogens (tertiary/aromatic N) is 2. The quantitative estimate of drug-likeness (QED) is 0.512. The highest BCUT2D eigenvalue weighted by molar-refractivity contribution is 5.94. The van der Waals surface area contributed by atoms with Crippen molar-refractivity contribution in [1.29, 1.82) is 0 Å². The number of primary amides is 1. The van der Waals surface area contributed by atoms with Gasteiger partial charge in [-0.15, -0.1) is 0 Å². The van der Waals surface area contributed by atoms with Crippen molar-refractivity contribution in [2.75, 3.05) is 18.1 Å². The third-order valence-electron chi connectivity index (χ3n) is 4.18. The van der Waals surface area contributed by atoms with E-state index < -0.39 is 34.7 Å². The normalized spacial score (nSPS) is 20.0. The first-order chi connectivity index (χ1) is 12.4. The molecule has 1 fully saturated rings. The third kappa shape index (κ3) is 3.21. The number of hydrogen-bond acceptors (Lipinski definition) is 5. The zero-order valence-corrected chi connectivity index (χ0v) is 13.5. The molecular formula is C17H15F2N3O4. The first kappa shape index (κ1) is 17.7. The average Bonchev–Trinajstić information content (AvgIpc) is 2.62. The number of rotatable bonds is 4. The number of alkyl halides is 1. The van der Waals surface area contributed by atoms with Gasteiger partial charge in [0, 0.05) is 17.3 Å². The number of nitrogens with two attached hydrogens (primary N) is 1. The van der Waals surface area contributed by atoms with Gasteiger partial charge >= 0.3 is 5.69 Å². The van der Waals surface area contributed by atoms with Gasteiger partial charge in [-0.2, -0.15) is 4.39 Å². The molecule has 2 N–H and O–H groups in total. The maximum atomic E-state index is 14.7. The Morgan fingerprint density at radius 2 is 2.00 bits per heavy atom. The Balaban J connectivity index is 2.10. The van der Waals surface area contributed by atoms with E-state index in [4.69, 9.17) is 10.5 Å². The predicted octanol–water partition coefficient (Wildman–Crippen LogP) is 2.71. The smallest absolute Gasteiger partial charge is 0.306 e. The minimum atomic E-state index is -1.64. The van der Waals surface area contributed by atoms with Crippen LogP contribution in [0, 0.1) is 15.9 Å². The van der Waals surface area contributed by atoms with Gasteiger partial charge < -0.3 is 15.4 Å². The predicted molar refractivity (Wildman–Crippen MR) is 88.9 cm³/mol. The van der Waals surface area contributed by atoms with Crippen LogP contribution in [0.2, 0.25) is 0 Å². The molecule has 136 valence electrons. The SMILES string of the molecule is NC(=O)c1ccccc1C1COCC(F)N1c1ccc(F)c([N+](=O)[O-])c1. The van der Waals surface area contributed by atoms with Gasteiger partial charge in [-0.25, -0.2) is 4.39 Å². The maximum Gasteiger partial charge on any atom is 0.306 e. The molecule has 1 amide bonds. The van der Waals surface area contributed by atoms with Crippen molar-refractivity contribution in [2.45, 2.75) is 12.3 Å². The van der Waals surface area contributed by atoms with E-state index in [0.717, 1.165) is 12.1 Å². The second-order valence-electron chi connectivity index (χ2n) is 5.74. The zero-order valence-electron chi connectivity index (χ0n) is 13.5. The summed E-state index contributed by atoms with van der Waals surface area (Å²) >= 11 is 0. The number of morpholine rings is 1. The maximum absolute atomic E-state index is 14.7. The molecule has 0 aliphatic carbocycles. The van der Waals surface area contributed by atoms with Crippen LogP contribution in [0.4, 0.5) is 20.2 Å². The molecule has 7 nitrogen and oxygen atoms in total. The molecule has 26 heavy (non-hydrogen) atoms. The van der Waals surface area contributed by atoms with Crippen LogP contribution in [0.15, 0.2) is 42.5 Å². The van der Waals surface area contributed by atoms with Gasteiger partial charge in [0.25, 0.3) is 0 Å². The number of halogens is 2. The molecule has 1 saturated heterocycles. The molecule has 2 aromatic carbocycles. The van der Waals surface area contributed by atoms with E-state index in [2.05, 4.69) is 0 Å². The number of amides is 1. The highest BCUT2D eigenvalue weighted by Gasteiger charge is 2.35. The van der Waals surface area contributed by atoms with Gasteiger partial charge in [-0.3, -0.25) is 14.9 Å². The number of hydrogen-bond donors (Lipinski definition) is 1. The first-order valence-corrected chi connectivity index (χ1v) is 7.73. The van der Waals surface area contributed by atoms with E-state index in [1.54, 1.807) is 18.2 Å². The Labute approximate surface area is 147 Å². The van der Waals surface area contributed by atoms with Crippen LogP contribution in [0.1, 0.15) is 22.0 Å². The van der Waals surface area contributed by atoms with Crippen molar-refractivity contribution in [3.63, 3.8) is 0 Å². The van der Waals surface area contributed by atoms with E-state index in [1.165, 1.54) is 17.0 Å². The molecule has 0 saturated carbocycles. The molecule has 0 bridgehead atoms. The molecular weight excluding hydrogens is 348 g/mol. The second kappa shape index (κ2) is 7.04. The fraction of sp³-hybridized carbons (Fsp3) is 0.235. The summed E-state index contributed by atoms with van der Waals surface area (Å²) < 4.78 is 33.6. The number of ether oxygens (including phenoxy) is 1. The third-order valence-corrected chi connectivity index (χ3v) is 4.18. The summed E-state index contributed by atoms with van der Waals surface area (Å²) in [6.45, 7) is -0.226. The zero-order chi connectivity index (χ0) is 18.8. The fourth-order valence-corrected chi connectivity index (χ4v) is 3.03. The van der Waals surface area contributed by atoms with E-state index in [0.29, 0.717) is 5.56 Å². The highest BCUT2D eigenvalue weighted by Crippen LogP contribution is 2.36. The van der Waals surface area contributed by atoms with Crippen LogP contribution in [0.3, 0.4) is 0 Å². The van der Waals surface area contributed by atoms with Crippen LogP contribution in [-0.2, 0) is 4.74 Å². The van der Waals surface area contributed by atoms with Crippen LogP contribution < -0.4 is 10.6 Å². The summed E-state index contributed by atoms with van der Waals surface area (Å²) in [6.07, 6.45) is -1.64. The van der Waals surface area contributed by atoms with E-state index in [1.807, 2.05) is 0 Å². The Bertz CT molecular complexity index is 862. The Morgan fingerprint density at radius 1 is 1.27 bits per heavy atom. The molecule has 1 aliphatic rings. The summed E-state index contributed by atoms with van der Waals surface area (Å²) in [5.74, 6) is -1.71. The molecule has 2 atom stereocenters. The molecule has 2 aromatic rings. The molecule has 0 aromatic heterocycles. The van der Waals surface area contributed by atoms with Crippen LogP contribution in [-0.4, -0.2) is 30.3 Å². The highest BCUT2D eigenvalue weighted by atomic mass is 19.1. The lowest BCUT2D eigenvalue weighted by Gasteiger charge is -2.40. The lowest BCUT2D eigenvalue weighted by molar-refractivity contribution is -0.387. The van der Waals surface area contributed by atoms with Gasteiger partial charge in [0.1, 0.15) is 0 Å². The van der Waals surface area contributed by atoms with Gasteiger partial charge in [-0.05, 0) is 23.8 Å². The number of anilines is 1. The number of nitro benzene ring substituents is 1. The summed E-state index contributed by atoms with van der Waals surface area (Å²) in [4.78, 5) is 23.1. The molecule has 2 unspecified atom stereocenters. The van der Waals surface area contributed by atoms with Gasteiger partial charge in [0.05, 0.1) is 24.2 Å². The van der Waals surface area contributed by atoms with E-state index >= 15 is 0 Å².